The van der Waals surface area contributed by atoms with Gasteiger partial charge in [-0.15, -0.1) is 0 Å². The lowest BCUT2D eigenvalue weighted by atomic mass is 9.97. The molecule has 2 unspecified atom stereocenters. The first-order valence-corrected chi connectivity index (χ1v) is 8.84. The van der Waals surface area contributed by atoms with E-state index < -0.39 is 6.04 Å². The van der Waals surface area contributed by atoms with Gasteiger partial charge < -0.3 is 15.1 Å². The van der Waals surface area contributed by atoms with Crippen LogP contribution in [0.3, 0.4) is 0 Å². The van der Waals surface area contributed by atoms with E-state index in [1.54, 1.807) is 24.3 Å². The molecule has 0 spiro atoms. The van der Waals surface area contributed by atoms with Crippen molar-refractivity contribution in [3.63, 3.8) is 0 Å². The van der Waals surface area contributed by atoms with Crippen LogP contribution in [0.25, 0.3) is 0 Å². The van der Waals surface area contributed by atoms with Crippen LogP contribution in [0.1, 0.15) is 30.6 Å². The molecule has 0 bridgehead atoms. The van der Waals surface area contributed by atoms with E-state index >= 15 is 0 Å². The Hall–Kier alpha value is -1.59. The average Bonchev–Trinajstić information content (AvgIpc) is 2.59. The number of benzene rings is 1. The van der Waals surface area contributed by atoms with Gasteiger partial charge in [0.1, 0.15) is 6.04 Å². The van der Waals surface area contributed by atoms with Crippen molar-refractivity contribution < 1.29 is 9.59 Å². The van der Waals surface area contributed by atoms with Crippen LogP contribution in [0.4, 0.5) is 0 Å². The molecule has 1 N–H and O–H groups in total. The van der Waals surface area contributed by atoms with E-state index in [0.29, 0.717) is 23.7 Å². The molecule has 2 amide bonds. The highest BCUT2D eigenvalue weighted by Gasteiger charge is 2.31. The highest BCUT2D eigenvalue weighted by molar-refractivity contribution is 6.30. The lowest BCUT2D eigenvalue weighted by Gasteiger charge is -2.36. The topological polar surface area (TPSA) is 52.7 Å². The molecule has 6 heteroatoms. The van der Waals surface area contributed by atoms with Crippen molar-refractivity contribution in [1.29, 1.82) is 0 Å². The van der Waals surface area contributed by atoms with Gasteiger partial charge >= 0.3 is 0 Å². The first-order valence-electron chi connectivity index (χ1n) is 8.46. The van der Waals surface area contributed by atoms with Gasteiger partial charge in [0.25, 0.3) is 5.91 Å². The minimum absolute atomic E-state index is 0.0137. The van der Waals surface area contributed by atoms with Gasteiger partial charge in [-0.05, 0) is 37.2 Å². The molecule has 1 aliphatic heterocycles. The molecule has 132 valence electrons. The summed E-state index contributed by atoms with van der Waals surface area (Å²) in [6, 6.07) is 6.20. The Labute approximate surface area is 149 Å². The maximum atomic E-state index is 12.9. The fourth-order valence-electron chi connectivity index (χ4n) is 2.73. The van der Waals surface area contributed by atoms with Crippen molar-refractivity contribution in [3.05, 3.63) is 34.9 Å². The van der Waals surface area contributed by atoms with E-state index in [1.165, 1.54) is 0 Å². The first-order chi connectivity index (χ1) is 11.4. The molecule has 1 fully saturated rings. The third kappa shape index (κ3) is 4.71. The Balaban J connectivity index is 2.08. The molecular weight excluding hydrogens is 326 g/mol. The number of carbonyl (C=O) groups excluding carboxylic acids is 2. The second kappa shape index (κ2) is 8.49. The van der Waals surface area contributed by atoms with Crippen LogP contribution < -0.4 is 5.32 Å². The monoisotopic (exact) mass is 351 g/mol. The van der Waals surface area contributed by atoms with Crippen molar-refractivity contribution in [2.45, 2.75) is 26.3 Å². The third-order valence-corrected chi connectivity index (χ3v) is 4.94. The summed E-state index contributed by atoms with van der Waals surface area (Å²) in [5.41, 5.74) is 0.513. The van der Waals surface area contributed by atoms with Crippen LogP contribution >= 0.6 is 11.6 Å². The number of hydrogen-bond donors (Lipinski definition) is 1. The fraction of sp³-hybridized carbons (Fsp3) is 0.556. The van der Waals surface area contributed by atoms with Crippen LogP contribution in [-0.4, -0.2) is 60.9 Å². The van der Waals surface area contributed by atoms with E-state index in [1.807, 2.05) is 18.7 Å². The Bertz CT molecular complexity index is 568. The number of hydrogen-bond acceptors (Lipinski definition) is 3. The molecule has 2 atom stereocenters. The molecule has 5 nitrogen and oxygen atoms in total. The molecule has 2 rings (SSSR count). The smallest absolute Gasteiger partial charge is 0.251 e. The van der Waals surface area contributed by atoms with Crippen LogP contribution in [0.5, 0.6) is 0 Å². The van der Waals surface area contributed by atoms with Gasteiger partial charge in [0.05, 0.1) is 0 Å². The van der Waals surface area contributed by atoms with Crippen molar-refractivity contribution in [1.82, 2.24) is 15.1 Å². The van der Waals surface area contributed by atoms with Gasteiger partial charge in [0.2, 0.25) is 5.91 Å². The first kappa shape index (κ1) is 18.7. The van der Waals surface area contributed by atoms with Crippen molar-refractivity contribution in [3.8, 4) is 0 Å². The SMILES string of the molecule is CCC(C)C(NC(=O)c1ccc(Cl)cc1)C(=O)N1CCN(C)CC1. The predicted octanol–water partition coefficient (Wildman–Crippen LogP) is 2.26. The largest absolute Gasteiger partial charge is 0.340 e. The summed E-state index contributed by atoms with van der Waals surface area (Å²) in [5, 5.41) is 3.51. The number of halogens is 1. The zero-order chi connectivity index (χ0) is 17.7. The van der Waals surface area contributed by atoms with E-state index in [9.17, 15) is 9.59 Å². The summed E-state index contributed by atoms with van der Waals surface area (Å²) in [6.45, 7) is 7.18. The summed E-state index contributed by atoms with van der Waals surface area (Å²) in [5.74, 6) is -0.146. The summed E-state index contributed by atoms with van der Waals surface area (Å²) >= 11 is 5.86. The van der Waals surface area contributed by atoms with Gasteiger partial charge in [-0.1, -0.05) is 31.9 Å². The average molecular weight is 352 g/mol. The van der Waals surface area contributed by atoms with Crippen LogP contribution in [-0.2, 0) is 4.79 Å². The van der Waals surface area contributed by atoms with Crippen molar-refractivity contribution in [2.24, 2.45) is 5.92 Å². The maximum absolute atomic E-state index is 12.9. The van der Waals surface area contributed by atoms with Crippen molar-refractivity contribution in [2.75, 3.05) is 33.2 Å². The van der Waals surface area contributed by atoms with E-state index in [2.05, 4.69) is 17.3 Å². The fourth-order valence-corrected chi connectivity index (χ4v) is 2.86. The summed E-state index contributed by atoms with van der Waals surface area (Å²) in [4.78, 5) is 29.5. The summed E-state index contributed by atoms with van der Waals surface area (Å²) in [7, 11) is 2.05. The molecule has 0 aromatic heterocycles. The Kier molecular flexibility index (Phi) is 6.63. The molecule has 1 saturated heterocycles. The highest BCUT2D eigenvalue weighted by atomic mass is 35.5. The summed E-state index contributed by atoms with van der Waals surface area (Å²) < 4.78 is 0. The molecule has 0 radical (unpaired) electrons. The standard InChI is InChI=1S/C18H26ClN3O2/c1-4-13(2)16(18(24)22-11-9-21(3)10-12-22)20-17(23)14-5-7-15(19)8-6-14/h5-8,13,16H,4,9-12H2,1-3H3,(H,20,23). The molecule has 24 heavy (non-hydrogen) atoms. The Morgan fingerprint density at radius 3 is 2.29 bits per heavy atom. The number of piperazine rings is 1. The zero-order valence-electron chi connectivity index (χ0n) is 14.6. The molecule has 0 saturated carbocycles. The number of nitrogens with one attached hydrogen (secondary N) is 1. The number of likely N-dealkylation sites (N-methyl/N-ethyl adjacent to an activating group) is 1. The lowest BCUT2D eigenvalue weighted by Crippen LogP contribution is -2.56. The van der Waals surface area contributed by atoms with Crippen LogP contribution in [0.15, 0.2) is 24.3 Å². The number of carbonyl (C=O) groups is 2. The number of nitrogens with zero attached hydrogens (tertiary/aromatic N) is 2. The zero-order valence-corrected chi connectivity index (χ0v) is 15.3. The number of amides is 2. The minimum Gasteiger partial charge on any atom is -0.340 e. The van der Waals surface area contributed by atoms with Gasteiger partial charge in [0, 0.05) is 36.8 Å². The van der Waals surface area contributed by atoms with Gasteiger partial charge in [-0.25, -0.2) is 0 Å². The molecule has 1 aromatic rings. The summed E-state index contributed by atoms with van der Waals surface area (Å²) in [6.07, 6.45) is 0.824. The maximum Gasteiger partial charge on any atom is 0.251 e. The molecule has 0 aliphatic carbocycles. The second-order valence-electron chi connectivity index (χ2n) is 6.47. The van der Waals surface area contributed by atoms with Gasteiger partial charge in [-0.2, -0.15) is 0 Å². The van der Waals surface area contributed by atoms with Crippen LogP contribution in [0.2, 0.25) is 5.02 Å². The Morgan fingerprint density at radius 2 is 1.75 bits per heavy atom. The quantitative estimate of drug-likeness (QED) is 0.885. The molecule has 1 aliphatic rings. The third-order valence-electron chi connectivity index (χ3n) is 4.69. The lowest BCUT2D eigenvalue weighted by molar-refractivity contribution is -0.136. The molecule has 1 heterocycles. The molecular formula is C18H26ClN3O2. The van der Waals surface area contributed by atoms with E-state index in [0.717, 1.165) is 19.5 Å². The predicted molar refractivity (Wildman–Crippen MR) is 96.2 cm³/mol. The normalized spacial score (nSPS) is 18.1. The van der Waals surface area contributed by atoms with E-state index in [4.69, 9.17) is 11.6 Å². The number of rotatable bonds is 5. The van der Waals surface area contributed by atoms with E-state index in [-0.39, 0.29) is 17.7 Å². The van der Waals surface area contributed by atoms with Gasteiger partial charge in [-0.3, -0.25) is 9.59 Å². The van der Waals surface area contributed by atoms with Crippen LogP contribution in [0, 0.1) is 5.92 Å². The second-order valence-corrected chi connectivity index (χ2v) is 6.91. The Morgan fingerprint density at radius 1 is 1.17 bits per heavy atom. The highest BCUT2D eigenvalue weighted by Crippen LogP contribution is 2.15. The molecule has 1 aromatic carbocycles. The minimum atomic E-state index is -0.499. The van der Waals surface area contributed by atoms with Crippen molar-refractivity contribution >= 4 is 23.4 Å². The van der Waals surface area contributed by atoms with Gasteiger partial charge in [0.15, 0.2) is 0 Å².